The maximum Gasteiger partial charge on any atom is 0.126 e. The van der Waals surface area contributed by atoms with Crippen molar-refractivity contribution in [3.8, 4) is 11.8 Å². The van der Waals surface area contributed by atoms with Gasteiger partial charge in [-0.15, -0.1) is 0 Å². The van der Waals surface area contributed by atoms with Gasteiger partial charge in [0.05, 0.1) is 18.8 Å². The molecule has 2 aromatic carbocycles. The fraction of sp³-hybridized carbons (Fsp3) is 0.0625. The van der Waals surface area contributed by atoms with Crippen LogP contribution in [0.4, 0.5) is 0 Å². The van der Waals surface area contributed by atoms with Crippen LogP contribution in [0.2, 0.25) is 5.02 Å². The first-order chi connectivity index (χ1) is 9.63. The molecule has 0 N–H and O–H groups in total. The molecule has 0 amide bonds. The first kappa shape index (κ1) is 14.6. The van der Waals surface area contributed by atoms with E-state index in [1.54, 1.807) is 25.3 Å². The highest BCUT2D eigenvalue weighted by Crippen LogP contribution is 2.27. The maximum absolute atomic E-state index is 9.34. The summed E-state index contributed by atoms with van der Waals surface area (Å²) in [5, 5.41) is 9.98. The van der Waals surface area contributed by atoms with Crippen molar-refractivity contribution in [1.82, 2.24) is 0 Å². The number of benzene rings is 2. The molecule has 0 saturated heterocycles. The van der Waals surface area contributed by atoms with Gasteiger partial charge in [-0.25, -0.2) is 0 Å². The molecular weight excluding hydrogens is 338 g/mol. The molecule has 0 radical (unpaired) electrons. The van der Waals surface area contributed by atoms with Crippen LogP contribution in [-0.4, -0.2) is 7.11 Å². The zero-order valence-corrected chi connectivity index (χ0v) is 13.1. The summed E-state index contributed by atoms with van der Waals surface area (Å²) in [5.74, 6) is 0.718. The Labute approximate surface area is 131 Å². The molecule has 0 unspecified atom stereocenters. The fourth-order valence-corrected chi connectivity index (χ4v) is 2.29. The summed E-state index contributed by atoms with van der Waals surface area (Å²) in [6.45, 7) is 0. The predicted octanol–water partition coefficient (Wildman–Crippen LogP) is 5.18. The number of methoxy groups -OCH3 is 1. The summed E-state index contributed by atoms with van der Waals surface area (Å²) >= 11 is 9.28. The highest BCUT2D eigenvalue weighted by Gasteiger charge is 2.05. The van der Waals surface area contributed by atoms with Gasteiger partial charge >= 0.3 is 0 Å². The Balaban J connectivity index is 2.49. The summed E-state index contributed by atoms with van der Waals surface area (Å²) in [4.78, 5) is 0. The van der Waals surface area contributed by atoms with E-state index in [4.69, 9.17) is 16.3 Å². The molecule has 0 bridgehead atoms. The van der Waals surface area contributed by atoms with Gasteiger partial charge in [-0.05, 0) is 42.0 Å². The quantitative estimate of drug-likeness (QED) is 0.566. The van der Waals surface area contributed by atoms with Crippen molar-refractivity contribution in [2.75, 3.05) is 7.11 Å². The first-order valence-electron chi connectivity index (χ1n) is 5.85. The molecule has 4 heteroatoms. The molecule has 2 nitrogen and oxygen atoms in total. The van der Waals surface area contributed by atoms with Crippen molar-refractivity contribution in [2.24, 2.45) is 0 Å². The van der Waals surface area contributed by atoms with Crippen LogP contribution < -0.4 is 4.74 Å². The third-order valence-corrected chi connectivity index (χ3v) is 3.51. The lowest BCUT2D eigenvalue weighted by molar-refractivity contribution is 0.414. The van der Waals surface area contributed by atoms with Gasteiger partial charge in [0.2, 0.25) is 0 Å². The van der Waals surface area contributed by atoms with Crippen molar-refractivity contribution >= 4 is 39.2 Å². The van der Waals surface area contributed by atoms with E-state index in [1.165, 1.54) is 0 Å². The van der Waals surface area contributed by atoms with Gasteiger partial charge in [-0.1, -0.05) is 39.7 Å². The van der Waals surface area contributed by atoms with Crippen LogP contribution >= 0.6 is 27.5 Å². The standard InChI is InChI=1S/C16H11BrClNO/c1-20-16-7-4-14(17)9-12(16)8-13(10-19)11-2-5-15(18)6-3-11/h2-9H,1H3/b13-8+. The van der Waals surface area contributed by atoms with Crippen molar-refractivity contribution < 1.29 is 4.74 Å². The van der Waals surface area contributed by atoms with Gasteiger partial charge < -0.3 is 4.74 Å². The number of nitriles is 1. The normalized spacial score (nSPS) is 11.0. The Morgan fingerprint density at radius 2 is 1.95 bits per heavy atom. The SMILES string of the molecule is COc1ccc(Br)cc1/C=C(\C#N)c1ccc(Cl)cc1. The van der Waals surface area contributed by atoms with Crippen LogP contribution in [-0.2, 0) is 0 Å². The fourth-order valence-electron chi connectivity index (χ4n) is 1.78. The molecule has 0 spiro atoms. The molecule has 0 aromatic heterocycles. The molecule has 2 aromatic rings. The number of ether oxygens (including phenoxy) is 1. The summed E-state index contributed by atoms with van der Waals surface area (Å²) in [7, 11) is 1.61. The molecule has 2 rings (SSSR count). The molecule has 0 saturated carbocycles. The molecule has 100 valence electrons. The van der Waals surface area contributed by atoms with Crippen LogP contribution in [0.1, 0.15) is 11.1 Å². The van der Waals surface area contributed by atoms with Crippen molar-refractivity contribution in [3.05, 3.63) is 63.1 Å². The van der Waals surface area contributed by atoms with Crippen LogP contribution in [0.25, 0.3) is 11.6 Å². The van der Waals surface area contributed by atoms with E-state index in [9.17, 15) is 5.26 Å². The molecule has 0 fully saturated rings. The summed E-state index contributed by atoms with van der Waals surface area (Å²) in [6.07, 6.45) is 1.80. The van der Waals surface area contributed by atoms with Gasteiger partial charge in [-0.3, -0.25) is 0 Å². The molecular formula is C16H11BrClNO. The zero-order chi connectivity index (χ0) is 14.5. The average Bonchev–Trinajstić information content (AvgIpc) is 2.46. The second-order valence-corrected chi connectivity index (χ2v) is 5.42. The van der Waals surface area contributed by atoms with Gasteiger partial charge in [0.25, 0.3) is 0 Å². The number of rotatable bonds is 3. The highest BCUT2D eigenvalue weighted by molar-refractivity contribution is 9.10. The zero-order valence-electron chi connectivity index (χ0n) is 10.7. The third-order valence-electron chi connectivity index (χ3n) is 2.77. The molecule has 0 heterocycles. The number of allylic oxidation sites excluding steroid dienone is 1. The summed E-state index contributed by atoms with van der Waals surface area (Å²) in [5.41, 5.74) is 2.21. The van der Waals surface area contributed by atoms with E-state index in [2.05, 4.69) is 22.0 Å². The summed E-state index contributed by atoms with van der Waals surface area (Å²) in [6, 6.07) is 15.0. The van der Waals surface area contributed by atoms with Crippen molar-refractivity contribution in [1.29, 1.82) is 5.26 Å². The lowest BCUT2D eigenvalue weighted by atomic mass is 10.0. The van der Waals surface area contributed by atoms with Gasteiger partial charge in [-0.2, -0.15) is 5.26 Å². The number of hydrogen-bond acceptors (Lipinski definition) is 2. The molecule has 0 atom stereocenters. The van der Waals surface area contributed by atoms with Crippen molar-refractivity contribution in [3.63, 3.8) is 0 Å². The van der Waals surface area contributed by atoms with E-state index >= 15 is 0 Å². The molecule has 0 aliphatic heterocycles. The topological polar surface area (TPSA) is 33.0 Å². The second kappa shape index (κ2) is 6.60. The number of nitrogens with zero attached hydrogens (tertiary/aromatic N) is 1. The molecule has 20 heavy (non-hydrogen) atoms. The average molecular weight is 349 g/mol. The monoisotopic (exact) mass is 347 g/mol. The van der Waals surface area contributed by atoms with E-state index in [0.717, 1.165) is 21.3 Å². The lowest BCUT2D eigenvalue weighted by Gasteiger charge is -2.06. The maximum atomic E-state index is 9.34. The van der Waals surface area contributed by atoms with Crippen LogP contribution in [0.5, 0.6) is 5.75 Å². The number of hydrogen-bond donors (Lipinski definition) is 0. The van der Waals surface area contributed by atoms with Gasteiger partial charge in [0, 0.05) is 15.1 Å². The smallest absolute Gasteiger partial charge is 0.126 e. The van der Waals surface area contributed by atoms with E-state index < -0.39 is 0 Å². The Bertz CT molecular complexity index is 687. The summed E-state index contributed by atoms with van der Waals surface area (Å²) < 4.78 is 6.23. The Morgan fingerprint density at radius 3 is 2.55 bits per heavy atom. The van der Waals surface area contributed by atoms with Gasteiger partial charge in [0.15, 0.2) is 0 Å². The minimum Gasteiger partial charge on any atom is -0.496 e. The second-order valence-electron chi connectivity index (χ2n) is 4.06. The predicted molar refractivity (Wildman–Crippen MR) is 85.6 cm³/mol. The van der Waals surface area contributed by atoms with Gasteiger partial charge in [0.1, 0.15) is 5.75 Å². The third kappa shape index (κ3) is 3.41. The highest BCUT2D eigenvalue weighted by atomic mass is 79.9. The lowest BCUT2D eigenvalue weighted by Crippen LogP contribution is -1.88. The minimum absolute atomic E-state index is 0.554. The van der Waals surface area contributed by atoms with E-state index in [-0.39, 0.29) is 0 Å². The van der Waals surface area contributed by atoms with Crippen LogP contribution in [0, 0.1) is 11.3 Å². The van der Waals surface area contributed by atoms with E-state index in [1.807, 2.05) is 30.3 Å². The van der Waals surface area contributed by atoms with Crippen LogP contribution in [0.3, 0.4) is 0 Å². The molecule has 0 aliphatic carbocycles. The Kier molecular flexibility index (Phi) is 4.84. The van der Waals surface area contributed by atoms with Crippen LogP contribution in [0.15, 0.2) is 46.9 Å². The largest absolute Gasteiger partial charge is 0.496 e. The molecule has 0 aliphatic rings. The first-order valence-corrected chi connectivity index (χ1v) is 7.02. The Hall–Kier alpha value is -1.76. The van der Waals surface area contributed by atoms with Crippen molar-refractivity contribution in [2.45, 2.75) is 0 Å². The van der Waals surface area contributed by atoms with E-state index in [0.29, 0.717) is 10.6 Å². The Morgan fingerprint density at radius 1 is 1.25 bits per heavy atom. The number of halogens is 2. The minimum atomic E-state index is 0.554.